The van der Waals surface area contributed by atoms with Crippen LogP contribution in [-0.4, -0.2) is 16.4 Å². The number of hydrogen-bond donors (Lipinski definition) is 0. The average molecular weight is 440 g/mol. The molecule has 0 aliphatic rings. The van der Waals surface area contributed by atoms with E-state index < -0.39 is 0 Å². The minimum absolute atomic E-state index is 0.407. The second-order valence-corrected chi connectivity index (χ2v) is 9.64. The molecule has 1 aromatic heterocycles. The lowest BCUT2D eigenvalue weighted by Gasteiger charge is -2.17. The third-order valence-electron chi connectivity index (χ3n) is 6.03. The third-order valence-corrected chi connectivity index (χ3v) is 6.03. The maximum Gasteiger partial charge on any atom is 0.0849 e. The topological polar surface area (TPSA) is 37.6 Å². The van der Waals surface area contributed by atoms with Crippen LogP contribution in [0.2, 0.25) is 0 Å². The fourth-order valence-electron chi connectivity index (χ4n) is 4.28. The summed E-state index contributed by atoms with van der Waals surface area (Å²) in [6, 6.07) is 17.0. The molecule has 0 bridgehead atoms. The molecular weight excluding hydrogens is 402 g/mol. The second-order valence-electron chi connectivity index (χ2n) is 9.64. The molecule has 0 aliphatic carbocycles. The maximum atomic E-state index is 5.11. The Balaban J connectivity index is 2.04. The first-order valence-corrected chi connectivity index (χ1v) is 11.9. The third kappa shape index (κ3) is 5.65. The molecule has 0 spiro atoms. The van der Waals surface area contributed by atoms with E-state index in [1.54, 1.807) is 0 Å². The average Bonchev–Trinajstić information content (AvgIpc) is 2.75. The molecule has 3 rings (SSSR count). The first kappa shape index (κ1) is 24.6. The fraction of sp³-hybridized carbons (Fsp3) is 0.367. The molecule has 0 N–H and O–H groups in total. The zero-order chi connectivity index (χ0) is 24.3. The number of benzene rings is 2. The summed E-state index contributed by atoms with van der Waals surface area (Å²) in [4.78, 5) is 15.0. The van der Waals surface area contributed by atoms with Crippen LogP contribution in [0.25, 0.3) is 0 Å². The summed E-state index contributed by atoms with van der Waals surface area (Å²) in [5.74, 6) is 0.815. The zero-order valence-corrected chi connectivity index (χ0v) is 21.6. The van der Waals surface area contributed by atoms with E-state index >= 15 is 0 Å². The van der Waals surface area contributed by atoms with Gasteiger partial charge in [0.15, 0.2) is 0 Å². The van der Waals surface area contributed by atoms with Crippen LogP contribution in [0, 0.1) is 20.8 Å². The van der Waals surface area contributed by atoms with Crippen molar-refractivity contribution >= 4 is 22.8 Å². The highest BCUT2D eigenvalue weighted by Gasteiger charge is 2.14. The predicted molar refractivity (Wildman–Crippen MR) is 143 cm³/mol. The molecule has 2 aromatic carbocycles. The van der Waals surface area contributed by atoms with Crippen molar-refractivity contribution in [2.24, 2.45) is 9.98 Å². The van der Waals surface area contributed by atoms with Crippen molar-refractivity contribution < 1.29 is 0 Å². The summed E-state index contributed by atoms with van der Waals surface area (Å²) >= 11 is 0. The van der Waals surface area contributed by atoms with Crippen LogP contribution in [0.3, 0.4) is 0 Å². The van der Waals surface area contributed by atoms with E-state index in [4.69, 9.17) is 15.0 Å². The highest BCUT2D eigenvalue weighted by atomic mass is 14.8. The van der Waals surface area contributed by atoms with Gasteiger partial charge in [-0.25, -0.2) is 4.98 Å². The molecule has 3 nitrogen and oxygen atoms in total. The van der Waals surface area contributed by atoms with E-state index in [0.717, 1.165) is 34.2 Å². The van der Waals surface area contributed by atoms with Crippen molar-refractivity contribution in [2.75, 3.05) is 0 Å². The number of aryl methyl sites for hydroxylation is 3. The van der Waals surface area contributed by atoms with Crippen molar-refractivity contribution in [1.82, 2.24) is 4.98 Å². The van der Waals surface area contributed by atoms with E-state index in [0.29, 0.717) is 11.8 Å². The van der Waals surface area contributed by atoms with Crippen LogP contribution in [0.4, 0.5) is 11.4 Å². The molecule has 172 valence electrons. The molecule has 0 unspecified atom stereocenters. The predicted octanol–water partition coefficient (Wildman–Crippen LogP) is 8.54. The Labute approximate surface area is 199 Å². The standard InChI is InChI=1S/C30H37N3/c1-18(2)25-12-10-13-26(19(3)4)30(25)32-24(9)28-15-11-14-27(33-28)23(8)31-29-21(6)16-20(5)17-22(29)7/h10-19H,1-9H3. The van der Waals surface area contributed by atoms with Crippen LogP contribution >= 0.6 is 0 Å². The van der Waals surface area contributed by atoms with Gasteiger partial charge < -0.3 is 0 Å². The quantitative estimate of drug-likeness (QED) is 0.355. The molecule has 0 saturated carbocycles. The van der Waals surface area contributed by atoms with Crippen LogP contribution in [0.1, 0.15) is 92.6 Å². The van der Waals surface area contributed by atoms with Gasteiger partial charge in [0.25, 0.3) is 0 Å². The Morgan fingerprint density at radius 2 is 1.09 bits per heavy atom. The summed E-state index contributed by atoms with van der Waals surface area (Å²) in [6.45, 7) is 19.3. The number of nitrogens with zero attached hydrogens (tertiary/aromatic N) is 3. The molecule has 0 atom stereocenters. The molecule has 0 fully saturated rings. The van der Waals surface area contributed by atoms with Crippen molar-refractivity contribution in [1.29, 1.82) is 0 Å². The van der Waals surface area contributed by atoms with Gasteiger partial charge in [0, 0.05) is 0 Å². The van der Waals surface area contributed by atoms with Crippen LogP contribution in [0.5, 0.6) is 0 Å². The lowest BCUT2D eigenvalue weighted by molar-refractivity contribution is 0.834. The number of rotatable bonds is 6. The van der Waals surface area contributed by atoms with Crippen LogP contribution in [-0.2, 0) is 0 Å². The van der Waals surface area contributed by atoms with Gasteiger partial charge in [-0.3, -0.25) is 9.98 Å². The Morgan fingerprint density at radius 1 is 0.667 bits per heavy atom. The van der Waals surface area contributed by atoms with Gasteiger partial charge >= 0.3 is 0 Å². The number of para-hydroxylation sites is 1. The van der Waals surface area contributed by atoms with Gasteiger partial charge in [0.05, 0.1) is 34.2 Å². The summed E-state index contributed by atoms with van der Waals surface area (Å²) in [6.07, 6.45) is 0. The van der Waals surface area contributed by atoms with E-state index in [1.807, 2.05) is 32.0 Å². The van der Waals surface area contributed by atoms with Gasteiger partial charge in [-0.05, 0) is 80.8 Å². The van der Waals surface area contributed by atoms with Crippen molar-refractivity contribution in [3.05, 3.63) is 87.7 Å². The molecule has 1 heterocycles. The Morgan fingerprint density at radius 3 is 1.55 bits per heavy atom. The van der Waals surface area contributed by atoms with Crippen molar-refractivity contribution in [3.8, 4) is 0 Å². The molecule has 3 aromatic rings. The van der Waals surface area contributed by atoms with Crippen molar-refractivity contribution in [3.63, 3.8) is 0 Å². The molecule has 3 heteroatoms. The van der Waals surface area contributed by atoms with Gasteiger partial charge in [-0.15, -0.1) is 0 Å². The number of aromatic nitrogens is 1. The monoisotopic (exact) mass is 439 g/mol. The Hall–Kier alpha value is -3.07. The molecule has 33 heavy (non-hydrogen) atoms. The normalized spacial score (nSPS) is 12.7. The Kier molecular flexibility index (Phi) is 7.63. The van der Waals surface area contributed by atoms with Gasteiger partial charge in [0.1, 0.15) is 0 Å². The minimum atomic E-state index is 0.407. The molecule has 0 saturated heterocycles. The first-order valence-electron chi connectivity index (χ1n) is 11.9. The van der Waals surface area contributed by atoms with Crippen LogP contribution < -0.4 is 0 Å². The molecule has 0 radical (unpaired) electrons. The second kappa shape index (κ2) is 10.2. The van der Waals surface area contributed by atoms with Crippen molar-refractivity contribution in [2.45, 2.75) is 74.1 Å². The number of pyridine rings is 1. The number of hydrogen-bond acceptors (Lipinski definition) is 3. The molecule has 0 amide bonds. The molecule has 0 aliphatic heterocycles. The van der Waals surface area contributed by atoms with Crippen LogP contribution in [0.15, 0.2) is 58.5 Å². The highest BCUT2D eigenvalue weighted by molar-refractivity contribution is 6.02. The van der Waals surface area contributed by atoms with Gasteiger partial charge in [-0.1, -0.05) is 69.7 Å². The summed E-state index contributed by atoms with van der Waals surface area (Å²) < 4.78 is 0. The van der Waals surface area contributed by atoms with E-state index in [2.05, 4.69) is 78.8 Å². The first-order chi connectivity index (χ1) is 15.6. The van der Waals surface area contributed by atoms with Gasteiger partial charge in [-0.2, -0.15) is 0 Å². The van der Waals surface area contributed by atoms with E-state index in [-0.39, 0.29) is 0 Å². The fourth-order valence-corrected chi connectivity index (χ4v) is 4.28. The highest BCUT2D eigenvalue weighted by Crippen LogP contribution is 2.35. The summed E-state index contributed by atoms with van der Waals surface area (Å²) in [7, 11) is 0. The summed E-state index contributed by atoms with van der Waals surface area (Å²) in [5.41, 5.74) is 11.9. The maximum absolute atomic E-state index is 5.11. The lowest BCUT2D eigenvalue weighted by Crippen LogP contribution is -2.06. The van der Waals surface area contributed by atoms with Gasteiger partial charge in [0.2, 0.25) is 0 Å². The lowest BCUT2D eigenvalue weighted by atomic mass is 9.93. The summed E-state index contributed by atoms with van der Waals surface area (Å²) in [5, 5.41) is 0. The smallest absolute Gasteiger partial charge is 0.0849 e. The SMILES string of the molecule is CC(=Nc1c(C)cc(C)cc1C)c1cccc(C(C)=Nc2c(C(C)C)cccc2C(C)C)n1. The minimum Gasteiger partial charge on any atom is -0.251 e. The Bertz CT molecular complexity index is 1160. The van der Waals surface area contributed by atoms with E-state index in [9.17, 15) is 0 Å². The zero-order valence-electron chi connectivity index (χ0n) is 21.6. The largest absolute Gasteiger partial charge is 0.251 e. The molecular formula is C30H37N3. The van der Waals surface area contributed by atoms with E-state index in [1.165, 1.54) is 27.8 Å². The number of aliphatic imine (C=N–C) groups is 2.